The lowest BCUT2D eigenvalue weighted by Crippen LogP contribution is -2.47. The summed E-state index contributed by atoms with van der Waals surface area (Å²) in [7, 11) is 0. The van der Waals surface area contributed by atoms with Crippen LogP contribution in [0.3, 0.4) is 0 Å². The summed E-state index contributed by atoms with van der Waals surface area (Å²) in [6.07, 6.45) is 8.86. The highest BCUT2D eigenvalue weighted by Crippen LogP contribution is 2.60. The number of halogens is 1. The van der Waals surface area contributed by atoms with Crippen molar-refractivity contribution in [2.24, 2.45) is 23.7 Å². The molecule has 3 aromatic rings. The second-order valence-corrected chi connectivity index (χ2v) is 11.0. The molecular formula is C31H31FN2O. The highest BCUT2D eigenvalue weighted by molar-refractivity contribution is 5.62. The van der Waals surface area contributed by atoms with Crippen molar-refractivity contribution < 1.29 is 9.50 Å². The Balaban J connectivity index is 1.24. The van der Waals surface area contributed by atoms with Crippen molar-refractivity contribution in [1.82, 2.24) is 4.98 Å². The molecular weight excluding hydrogens is 435 g/mol. The normalized spacial score (nSPS) is 31.2. The predicted octanol–water partition coefficient (Wildman–Crippen LogP) is 7.12. The summed E-state index contributed by atoms with van der Waals surface area (Å²) in [6.45, 7) is 9.54. The average molecular weight is 467 g/mol. The highest BCUT2D eigenvalue weighted by Gasteiger charge is 2.56. The van der Waals surface area contributed by atoms with Gasteiger partial charge in [0.25, 0.3) is 0 Å². The smallest absolute Gasteiger partial charge is 0.222 e. The minimum atomic E-state index is -0.690. The first-order valence-corrected chi connectivity index (χ1v) is 12.9. The van der Waals surface area contributed by atoms with E-state index >= 15 is 0 Å². The summed E-state index contributed by atoms with van der Waals surface area (Å²) in [4.78, 5) is 7.59. The van der Waals surface area contributed by atoms with Crippen LogP contribution < -0.4 is 0 Å². The van der Waals surface area contributed by atoms with E-state index in [1.54, 1.807) is 12.3 Å². The van der Waals surface area contributed by atoms with Crippen LogP contribution in [0.2, 0.25) is 0 Å². The van der Waals surface area contributed by atoms with E-state index in [0.29, 0.717) is 36.5 Å². The van der Waals surface area contributed by atoms with Gasteiger partial charge >= 0.3 is 0 Å². The zero-order chi connectivity index (χ0) is 24.2. The van der Waals surface area contributed by atoms with E-state index in [2.05, 4.69) is 47.1 Å². The summed E-state index contributed by atoms with van der Waals surface area (Å²) in [5, 5.41) is 12.0. The van der Waals surface area contributed by atoms with Gasteiger partial charge in [-0.15, -0.1) is 0 Å². The maximum atomic E-state index is 14.9. The van der Waals surface area contributed by atoms with Gasteiger partial charge < -0.3 is 5.11 Å². The minimum Gasteiger partial charge on any atom is -0.389 e. The van der Waals surface area contributed by atoms with Gasteiger partial charge in [-0.3, -0.25) is 4.98 Å². The fraction of sp³-hybridized carbons (Fsp3) is 0.419. The Morgan fingerprint density at radius 1 is 1.09 bits per heavy atom. The van der Waals surface area contributed by atoms with Crippen molar-refractivity contribution in [1.29, 1.82) is 0 Å². The molecule has 178 valence electrons. The molecule has 6 rings (SSSR count). The van der Waals surface area contributed by atoms with Gasteiger partial charge in [-0.25, -0.2) is 9.24 Å². The first kappa shape index (κ1) is 22.4. The Morgan fingerprint density at radius 2 is 1.91 bits per heavy atom. The fourth-order valence-electron chi connectivity index (χ4n) is 7.92. The van der Waals surface area contributed by atoms with Crippen molar-refractivity contribution in [3.05, 3.63) is 94.8 Å². The van der Waals surface area contributed by atoms with Crippen LogP contribution in [0.4, 0.5) is 10.1 Å². The standard InChI is InChI=1S/C31H31FN2O/c1-19-16-27-23(9-10-26-24(27)11-12-28(33-2)30(26)32)25-13-14-31(35,29(19)25)17-20-5-7-21(8-6-20)22-4-3-15-34-18-22/h3-8,11-12,15,18-19,23,25,27,29,35H,9-10,13-14,16-17H2,1H3/t19?,23?,25?,27?,29?,31-/m1/s1. The Bertz CT molecular complexity index is 1280. The molecule has 3 aliphatic carbocycles. The van der Waals surface area contributed by atoms with Crippen LogP contribution in [-0.4, -0.2) is 15.7 Å². The van der Waals surface area contributed by atoms with Gasteiger partial charge in [-0.2, -0.15) is 0 Å². The molecule has 1 aromatic heterocycles. The predicted molar refractivity (Wildman–Crippen MR) is 136 cm³/mol. The molecule has 35 heavy (non-hydrogen) atoms. The van der Waals surface area contributed by atoms with E-state index in [1.807, 2.05) is 18.3 Å². The molecule has 0 radical (unpaired) electrons. The molecule has 0 saturated heterocycles. The second-order valence-electron chi connectivity index (χ2n) is 11.0. The quantitative estimate of drug-likeness (QED) is 0.417. The summed E-state index contributed by atoms with van der Waals surface area (Å²) >= 11 is 0. The van der Waals surface area contributed by atoms with E-state index in [9.17, 15) is 9.50 Å². The molecule has 1 heterocycles. The largest absolute Gasteiger partial charge is 0.389 e. The monoisotopic (exact) mass is 466 g/mol. The number of pyridine rings is 1. The molecule has 3 nitrogen and oxygen atoms in total. The third-order valence-electron chi connectivity index (χ3n) is 9.26. The molecule has 0 aliphatic heterocycles. The Labute approximate surface area is 206 Å². The number of benzene rings is 2. The third kappa shape index (κ3) is 3.69. The van der Waals surface area contributed by atoms with Gasteiger partial charge in [0.1, 0.15) is 5.82 Å². The molecule has 2 saturated carbocycles. The molecule has 5 unspecified atom stereocenters. The van der Waals surface area contributed by atoms with Crippen LogP contribution in [0.1, 0.15) is 55.2 Å². The Morgan fingerprint density at radius 3 is 2.66 bits per heavy atom. The zero-order valence-electron chi connectivity index (χ0n) is 20.1. The number of aromatic nitrogens is 1. The van der Waals surface area contributed by atoms with E-state index in [1.165, 1.54) is 5.56 Å². The maximum absolute atomic E-state index is 14.9. The summed E-state index contributed by atoms with van der Waals surface area (Å²) in [6, 6.07) is 16.3. The van der Waals surface area contributed by atoms with Gasteiger partial charge in [0.15, 0.2) is 0 Å². The minimum absolute atomic E-state index is 0.147. The first-order valence-electron chi connectivity index (χ1n) is 12.9. The lowest BCUT2D eigenvalue weighted by molar-refractivity contribution is -0.0604. The van der Waals surface area contributed by atoms with Crippen LogP contribution in [0.15, 0.2) is 60.9 Å². The van der Waals surface area contributed by atoms with E-state index in [0.717, 1.165) is 47.9 Å². The van der Waals surface area contributed by atoms with Crippen LogP contribution in [0, 0.1) is 36.1 Å². The van der Waals surface area contributed by atoms with Gasteiger partial charge in [-0.05, 0) is 95.6 Å². The number of aliphatic hydroxyl groups is 1. The second kappa shape index (κ2) is 8.57. The molecule has 0 bridgehead atoms. The lowest BCUT2D eigenvalue weighted by Gasteiger charge is -2.50. The van der Waals surface area contributed by atoms with E-state index < -0.39 is 5.60 Å². The molecule has 2 aromatic carbocycles. The van der Waals surface area contributed by atoms with E-state index in [-0.39, 0.29) is 17.4 Å². The SMILES string of the molecule is [C-]#[N+]c1ccc2c(c1F)CCC1C2CC(C)C2C1CC[C@@]2(O)Cc1ccc(-c2cccnc2)cc1. The number of hydrogen-bond acceptors (Lipinski definition) is 2. The van der Waals surface area contributed by atoms with Crippen molar-refractivity contribution in [3.8, 4) is 11.1 Å². The lowest BCUT2D eigenvalue weighted by atomic mass is 9.56. The summed E-state index contributed by atoms with van der Waals surface area (Å²) in [5.41, 5.74) is 4.77. The van der Waals surface area contributed by atoms with Gasteiger partial charge in [0, 0.05) is 18.8 Å². The van der Waals surface area contributed by atoms with Gasteiger partial charge in [0.05, 0.1) is 12.2 Å². The molecule has 4 heteroatoms. The van der Waals surface area contributed by atoms with Crippen LogP contribution in [0.5, 0.6) is 0 Å². The van der Waals surface area contributed by atoms with Gasteiger partial charge in [0.2, 0.25) is 5.69 Å². The van der Waals surface area contributed by atoms with Crippen LogP contribution in [0.25, 0.3) is 16.0 Å². The molecule has 0 amide bonds. The van der Waals surface area contributed by atoms with Crippen molar-refractivity contribution in [3.63, 3.8) is 0 Å². The Hall–Kier alpha value is -3.03. The Kier molecular flexibility index (Phi) is 5.49. The molecule has 2 fully saturated rings. The average Bonchev–Trinajstić information content (AvgIpc) is 3.23. The topological polar surface area (TPSA) is 37.5 Å². The molecule has 1 N–H and O–H groups in total. The summed E-state index contributed by atoms with van der Waals surface area (Å²) in [5.74, 6) is 1.64. The third-order valence-corrected chi connectivity index (χ3v) is 9.26. The van der Waals surface area contributed by atoms with Crippen LogP contribution in [-0.2, 0) is 12.8 Å². The number of fused-ring (bicyclic) bond motifs is 5. The van der Waals surface area contributed by atoms with Crippen molar-refractivity contribution >= 4 is 5.69 Å². The van der Waals surface area contributed by atoms with Gasteiger partial charge in [-0.1, -0.05) is 49.4 Å². The van der Waals surface area contributed by atoms with Crippen molar-refractivity contribution in [2.75, 3.05) is 0 Å². The maximum Gasteiger partial charge on any atom is 0.222 e. The molecule has 6 atom stereocenters. The molecule has 3 aliphatic rings. The van der Waals surface area contributed by atoms with Crippen molar-refractivity contribution in [2.45, 2.75) is 57.0 Å². The summed E-state index contributed by atoms with van der Waals surface area (Å²) < 4.78 is 14.9. The number of rotatable bonds is 3. The number of hydrogen-bond donors (Lipinski definition) is 1. The fourth-order valence-corrected chi connectivity index (χ4v) is 7.92. The zero-order valence-corrected chi connectivity index (χ0v) is 20.1. The van der Waals surface area contributed by atoms with Crippen LogP contribution >= 0.6 is 0 Å². The highest BCUT2D eigenvalue weighted by atomic mass is 19.1. The number of nitrogens with zero attached hydrogens (tertiary/aromatic N) is 2. The first-order chi connectivity index (χ1) is 17.0. The van der Waals surface area contributed by atoms with E-state index in [4.69, 9.17) is 6.57 Å². The molecule has 0 spiro atoms.